The number of hydrogen-bond donors (Lipinski definition) is 1. The Bertz CT molecular complexity index is 1150. The second-order valence-electron chi connectivity index (χ2n) is 6.61. The summed E-state index contributed by atoms with van der Waals surface area (Å²) in [5, 5.41) is 6.50. The first kappa shape index (κ1) is 23.1. The number of benzene rings is 2. The maximum Gasteiger partial charge on any atom is 0.387 e. The molecule has 1 heterocycles. The Labute approximate surface area is 176 Å². The van der Waals surface area contributed by atoms with Gasteiger partial charge >= 0.3 is 6.61 Å². The van der Waals surface area contributed by atoms with E-state index in [0.29, 0.717) is 0 Å². The zero-order chi connectivity index (χ0) is 23.7. The molecule has 2 aromatic carbocycles. The normalized spacial score (nSPS) is 11.2. The highest BCUT2D eigenvalue weighted by Crippen LogP contribution is 2.26. The molecule has 0 saturated heterocycles. The third kappa shape index (κ3) is 4.39. The summed E-state index contributed by atoms with van der Waals surface area (Å²) in [6, 6.07) is 4.79. The van der Waals surface area contributed by atoms with Crippen molar-refractivity contribution in [1.29, 1.82) is 0 Å². The molecule has 0 aliphatic carbocycles. The Balaban J connectivity index is 1.85. The molecular weight excluding hydrogens is 447 g/mol. The summed E-state index contributed by atoms with van der Waals surface area (Å²) in [4.78, 5) is 12.5. The summed E-state index contributed by atoms with van der Waals surface area (Å²) >= 11 is 0. The number of anilines is 1. The van der Waals surface area contributed by atoms with E-state index in [0.717, 1.165) is 16.8 Å². The molecule has 0 aliphatic rings. The van der Waals surface area contributed by atoms with Gasteiger partial charge in [-0.15, -0.1) is 0 Å². The molecule has 0 bridgehead atoms. The number of aryl methyl sites for hydroxylation is 1. The lowest BCUT2D eigenvalue weighted by Gasteiger charge is -2.10. The van der Waals surface area contributed by atoms with Crippen LogP contribution in [0.2, 0.25) is 0 Å². The minimum Gasteiger partial charge on any atom is -0.435 e. The molecule has 32 heavy (non-hydrogen) atoms. The maximum absolute atomic E-state index is 14.0. The fourth-order valence-corrected chi connectivity index (χ4v) is 2.94. The van der Waals surface area contributed by atoms with E-state index in [4.69, 9.17) is 0 Å². The highest BCUT2D eigenvalue weighted by molar-refractivity contribution is 6.04. The van der Waals surface area contributed by atoms with E-state index in [1.165, 1.54) is 26.0 Å². The van der Waals surface area contributed by atoms with Crippen LogP contribution in [0.5, 0.6) is 5.75 Å². The number of amides is 1. The molecule has 0 saturated carbocycles. The first-order valence-electron chi connectivity index (χ1n) is 8.91. The molecule has 0 atom stereocenters. The minimum absolute atomic E-state index is 0.0814. The van der Waals surface area contributed by atoms with E-state index < -0.39 is 53.7 Å². The fourth-order valence-electron chi connectivity index (χ4n) is 2.94. The third-order valence-electron chi connectivity index (χ3n) is 4.57. The quantitative estimate of drug-likeness (QED) is 0.316. The molecule has 0 spiro atoms. The molecule has 0 fully saturated rings. The van der Waals surface area contributed by atoms with Crippen LogP contribution in [0.25, 0.3) is 0 Å². The van der Waals surface area contributed by atoms with Crippen molar-refractivity contribution < 1.29 is 40.3 Å². The van der Waals surface area contributed by atoms with Crippen LogP contribution in [0.15, 0.2) is 24.3 Å². The van der Waals surface area contributed by atoms with Gasteiger partial charge in [0.05, 0.1) is 29.2 Å². The molecule has 1 amide bonds. The zero-order valence-corrected chi connectivity index (χ0v) is 16.5. The zero-order valence-electron chi connectivity index (χ0n) is 16.5. The number of nitrogens with one attached hydrogen (secondary N) is 1. The lowest BCUT2D eigenvalue weighted by atomic mass is 10.1. The number of aromatic nitrogens is 2. The van der Waals surface area contributed by atoms with Crippen LogP contribution >= 0.6 is 0 Å². The third-order valence-corrected chi connectivity index (χ3v) is 4.57. The van der Waals surface area contributed by atoms with Crippen LogP contribution in [-0.4, -0.2) is 22.3 Å². The topological polar surface area (TPSA) is 56.2 Å². The Kier molecular flexibility index (Phi) is 6.42. The van der Waals surface area contributed by atoms with E-state index in [9.17, 15) is 35.5 Å². The molecule has 3 aromatic rings. The Morgan fingerprint density at radius 2 is 1.50 bits per heavy atom. The van der Waals surface area contributed by atoms with Crippen LogP contribution in [0, 0.1) is 42.9 Å². The highest BCUT2D eigenvalue weighted by atomic mass is 19.3. The van der Waals surface area contributed by atoms with Crippen molar-refractivity contribution in [3.05, 3.63) is 75.9 Å². The average Bonchev–Trinajstić information content (AvgIpc) is 3.01. The van der Waals surface area contributed by atoms with Gasteiger partial charge in [-0.05, 0) is 38.1 Å². The van der Waals surface area contributed by atoms with Crippen molar-refractivity contribution in [3.8, 4) is 5.75 Å². The maximum atomic E-state index is 14.0. The summed E-state index contributed by atoms with van der Waals surface area (Å²) in [5.41, 5.74) is -0.473. The summed E-state index contributed by atoms with van der Waals surface area (Å²) in [7, 11) is 0. The molecule has 0 aliphatic heterocycles. The van der Waals surface area contributed by atoms with E-state index >= 15 is 0 Å². The largest absolute Gasteiger partial charge is 0.435 e. The number of carbonyl (C=O) groups is 1. The van der Waals surface area contributed by atoms with Gasteiger partial charge in [-0.3, -0.25) is 9.48 Å². The number of carbonyl (C=O) groups excluding carboxylic acids is 1. The van der Waals surface area contributed by atoms with Crippen LogP contribution in [0.3, 0.4) is 0 Å². The highest BCUT2D eigenvalue weighted by Gasteiger charge is 2.27. The van der Waals surface area contributed by atoms with Gasteiger partial charge in [-0.1, -0.05) is 0 Å². The van der Waals surface area contributed by atoms with Crippen molar-refractivity contribution in [2.75, 3.05) is 5.32 Å². The smallest absolute Gasteiger partial charge is 0.387 e. The first-order valence-corrected chi connectivity index (χ1v) is 8.91. The summed E-state index contributed by atoms with van der Waals surface area (Å²) in [6.07, 6.45) is 0. The van der Waals surface area contributed by atoms with Crippen molar-refractivity contribution >= 4 is 11.6 Å². The van der Waals surface area contributed by atoms with Gasteiger partial charge in [0.1, 0.15) is 5.75 Å². The number of halogens is 7. The molecule has 5 nitrogen and oxygen atoms in total. The standard InChI is InChI=1S/C20H14F7N3O2/c1-8-18(28-19(31)10-3-5-11(6-4-10)32-20(26)27)9(2)30(29-8)7-12-13(21)15(23)17(25)16(24)14(12)22/h3-6,20H,7H2,1-2H3,(H,28,31). The Morgan fingerprint density at radius 1 is 0.969 bits per heavy atom. The number of ether oxygens (including phenoxy) is 1. The van der Waals surface area contributed by atoms with Gasteiger partial charge in [0, 0.05) is 5.56 Å². The van der Waals surface area contributed by atoms with E-state index in [2.05, 4.69) is 15.2 Å². The van der Waals surface area contributed by atoms with Crippen LogP contribution in [-0.2, 0) is 6.54 Å². The Hall–Kier alpha value is -3.57. The van der Waals surface area contributed by atoms with Gasteiger partial charge in [0.25, 0.3) is 5.91 Å². The van der Waals surface area contributed by atoms with E-state index in [1.807, 2.05) is 0 Å². The molecule has 12 heteroatoms. The molecule has 1 aromatic heterocycles. The second-order valence-corrected chi connectivity index (χ2v) is 6.61. The lowest BCUT2D eigenvalue weighted by molar-refractivity contribution is -0.0498. The number of alkyl halides is 2. The lowest BCUT2D eigenvalue weighted by Crippen LogP contribution is -2.14. The number of hydrogen-bond acceptors (Lipinski definition) is 3. The average molecular weight is 461 g/mol. The predicted molar refractivity (Wildman–Crippen MR) is 98.1 cm³/mol. The minimum atomic E-state index is -3.02. The molecule has 0 radical (unpaired) electrons. The number of nitrogens with zero attached hydrogens (tertiary/aromatic N) is 2. The van der Waals surface area contributed by atoms with E-state index in [1.54, 1.807) is 0 Å². The summed E-state index contributed by atoms with van der Waals surface area (Å²) in [5.74, 6) is -11.2. The van der Waals surface area contributed by atoms with Gasteiger partial charge in [0.15, 0.2) is 23.3 Å². The van der Waals surface area contributed by atoms with Crippen LogP contribution < -0.4 is 10.1 Å². The van der Waals surface area contributed by atoms with Gasteiger partial charge in [0.2, 0.25) is 5.82 Å². The first-order chi connectivity index (χ1) is 15.0. The molecule has 170 valence electrons. The molecule has 1 N–H and O–H groups in total. The van der Waals surface area contributed by atoms with Crippen molar-refractivity contribution in [2.24, 2.45) is 0 Å². The Morgan fingerprint density at radius 3 is 2.03 bits per heavy atom. The molecular formula is C20H14F7N3O2. The van der Waals surface area contributed by atoms with E-state index in [-0.39, 0.29) is 28.4 Å². The van der Waals surface area contributed by atoms with Gasteiger partial charge < -0.3 is 10.1 Å². The second kappa shape index (κ2) is 8.89. The van der Waals surface area contributed by atoms with Gasteiger partial charge in [-0.2, -0.15) is 13.9 Å². The van der Waals surface area contributed by atoms with Gasteiger partial charge in [-0.25, -0.2) is 22.0 Å². The number of rotatable bonds is 6. The van der Waals surface area contributed by atoms with Crippen molar-refractivity contribution in [3.63, 3.8) is 0 Å². The SMILES string of the molecule is Cc1nn(Cc2c(F)c(F)c(F)c(F)c2F)c(C)c1NC(=O)c1ccc(OC(F)F)cc1. The predicted octanol–water partition coefficient (Wildman–Crippen LogP) is 5.10. The molecule has 0 unspecified atom stereocenters. The monoisotopic (exact) mass is 461 g/mol. The van der Waals surface area contributed by atoms with Crippen LogP contribution in [0.1, 0.15) is 27.3 Å². The molecule has 3 rings (SSSR count). The van der Waals surface area contributed by atoms with Crippen molar-refractivity contribution in [2.45, 2.75) is 27.0 Å². The summed E-state index contributed by atoms with van der Waals surface area (Å²) in [6.45, 7) is -0.935. The van der Waals surface area contributed by atoms with Crippen molar-refractivity contribution in [1.82, 2.24) is 9.78 Å². The van der Waals surface area contributed by atoms with Crippen LogP contribution in [0.4, 0.5) is 36.4 Å². The fraction of sp³-hybridized carbons (Fsp3) is 0.200. The summed E-state index contributed by atoms with van der Waals surface area (Å²) < 4.78 is 97.7.